The molecule has 2 heterocycles. The molecule has 1 atom stereocenters. The van der Waals surface area contributed by atoms with E-state index in [9.17, 15) is 9.18 Å². The number of anilines is 2. The average molecular weight is 396 g/mol. The first-order chi connectivity index (χ1) is 13.7. The molecule has 1 aliphatic rings. The highest BCUT2D eigenvalue weighted by atomic mass is 32.1. The van der Waals surface area contributed by atoms with E-state index in [1.807, 2.05) is 23.6 Å². The van der Waals surface area contributed by atoms with Crippen LogP contribution in [0.25, 0.3) is 11.3 Å². The van der Waals surface area contributed by atoms with E-state index in [0.717, 1.165) is 36.5 Å². The molecule has 7 heteroatoms. The predicted octanol–water partition coefficient (Wildman–Crippen LogP) is 4.07. The summed E-state index contributed by atoms with van der Waals surface area (Å²) in [4.78, 5) is 18.9. The fourth-order valence-electron chi connectivity index (χ4n) is 3.31. The van der Waals surface area contributed by atoms with Crippen molar-refractivity contribution < 1.29 is 9.18 Å². The molecule has 2 N–H and O–H groups in total. The molecule has 0 saturated carbocycles. The molecule has 0 bridgehead atoms. The van der Waals surface area contributed by atoms with Crippen LogP contribution in [-0.4, -0.2) is 41.5 Å². The van der Waals surface area contributed by atoms with E-state index >= 15 is 0 Å². The van der Waals surface area contributed by atoms with Crippen LogP contribution in [0.5, 0.6) is 0 Å². The maximum Gasteiger partial charge on any atom is 0.240 e. The topological polar surface area (TPSA) is 57.3 Å². The molecule has 0 aliphatic carbocycles. The van der Waals surface area contributed by atoms with Crippen LogP contribution in [0.15, 0.2) is 60.0 Å². The van der Waals surface area contributed by atoms with Crippen molar-refractivity contribution in [3.8, 4) is 11.3 Å². The number of rotatable bonds is 6. The number of thiazole rings is 1. The van der Waals surface area contributed by atoms with Gasteiger partial charge in [0.05, 0.1) is 12.2 Å². The number of carbonyl (C=O) groups is 1. The van der Waals surface area contributed by atoms with E-state index in [0.29, 0.717) is 17.7 Å². The summed E-state index contributed by atoms with van der Waals surface area (Å²) in [6.45, 7) is 2.07. The Kier molecular flexibility index (Phi) is 5.64. The van der Waals surface area contributed by atoms with Crippen LogP contribution < -0.4 is 10.6 Å². The number of aromatic nitrogens is 1. The zero-order valence-electron chi connectivity index (χ0n) is 15.3. The molecule has 1 fully saturated rings. The lowest BCUT2D eigenvalue weighted by Gasteiger charge is -2.16. The Bertz CT molecular complexity index is 929. The first-order valence-corrected chi connectivity index (χ1v) is 10.1. The van der Waals surface area contributed by atoms with E-state index in [4.69, 9.17) is 0 Å². The maximum atomic E-state index is 13.0. The van der Waals surface area contributed by atoms with Crippen molar-refractivity contribution in [2.75, 3.05) is 30.3 Å². The van der Waals surface area contributed by atoms with E-state index in [1.165, 1.54) is 23.5 Å². The van der Waals surface area contributed by atoms with Gasteiger partial charge >= 0.3 is 0 Å². The second-order valence-electron chi connectivity index (χ2n) is 6.82. The number of likely N-dealkylation sites (tertiary alicyclic amines) is 1. The summed E-state index contributed by atoms with van der Waals surface area (Å²) in [6.07, 6.45) is 1.01. The quantitative estimate of drug-likeness (QED) is 0.659. The highest BCUT2D eigenvalue weighted by molar-refractivity contribution is 7.14. The Balaban J connectivity index is 1.27. The fourth-order valence-corrected chi connectivity index (χ4v) is 4.05. The van der Waals surface area contributed by atoms with Crippen molar-refractivity contribution in [1.29, 1.82) is 0 Å². The lowest BCUT2D eigenvalue weighted by atomic mass is 10.2. The zero-order valence-corrected chi connectivity index (χ0v) is 16.1. The van der Waals surface area contributed by atoms with E-state index in [-0.39, 0.29) is 11.7 Å². The van der Waals surface area contributed by atoms with Gasteiger partial charge in [-0.05, 0) is 42.8 Å². The smallest absolute Gasteiger partial charge is 0.240 e. The van der Waals surface area contributed by atoms with Crippen molar-refractivity contribution in [2.45, 2.75) is 12.5 Å². The molecule has 5 nitrogen and oxygen atoms in total. The van der Waals surface area contributed by atoms with Gasteiger partial charge in [0, 0.05) is 35.8 Å². The van der Waals surface area contributed by atoms with Gasteiger partial charge in [0.1, 0.15) is 5.82 Å². The van der Waals surface area contributed by atoms with Crippen LogP contribution >= 0.6 is 11.3 Å². The second-order valence-corrected chi connectivity index (χ2v) is 7.68. The molecule has 0 radical (unpaired) electrons. The Morgan fingerprint density at radius 3 is 2.75 bits per heavy atom. The normalized spacial score (nSPS) is 16.8. The highest BCUT2D eigenvalue weighted by Gasteiger charge is 2.24. The van der Waals surface area contributed by atoms with Crippen LogP contribution in [0, 0.1) is 5.82 Å². The van der Waals surface area contributed by atoms with E-state index in [1.54, 1.807) is 12.1 Å². The summed E-state index contributed by atoms with van der Waals surface area (Å²) >= 11 is 1.37. The van der Waals surface area contributed by atoms with Gasteiger partial charge in [0.15, 0.2) is 5.13 Å². The first-order valence-electron chi connectivity index (χ1n) is 9.21. The molecule has 1 aliphatic heterocycles. The molecule has 3 aromatic rings. The van der Waals surface area contributed by atoms with Gasteiger partial charge in [-0.3, -0.25) is 9.69 Å². The minimum Gasteiger partial charge on any atom is -0.381 e. The van der Waals surface area contributed by atoms with E-state index in [2.05, 4.69) is 32.7 Å². The Morgan fingerprint density at radius 1 is 1.18 bits per heavy atom. The number of halogens is 1. The largest absolute Gasteiger partial charge is 0.381 e. The molecule has 144 valence electrons. The minimum absolute atomic E-state index is 0.0691. The van der Waals surface area contributed by atoms with Crippen LogP contribution in [0.4, 0.5) is 15.2 Å². The van der Waals surface area contributed by atoms with Gasteiger partial charge < -0.3 is 10.6 Å². The lowest BCUT2D eigenvalue weighted by Crippen LogP contribution is -2.33. The van der Waals surface area contributed by atoms with Gasteiger partial charge in [-0.2, -0.15) is 0 Å². The van der Waals surface area contributed by atoms with Crippen molar-refractivity contribution in [2.24, 2.45) is 0 Å². The Morgan fingerprint density at radius 2 is 1.96 bits per heavy atom. The molecule has 4 rings (SSSR count). The average Bonchev–Trinajstić information content (AvgIpc) is 3.33. The van der Waals surface area contributed by atoms with Crippen LogP contribution in [0.1, 0.15) is 6.42 Å². The molecule has 1 unspecified atom stereocenters. The monoisotopic (exact) mass is 396 g/mol. The molecule has 1 saturated heterocycles. The Labute approximate surface area is 167 Å². The number of nitrogens with one attached hydrogen (secondary N) is 2. The molecule has 1 aromatic heterocycles. The number of nitrogens with zero attached hydrogens (tertiary/aromatic N) is 2. The van der Waals surface area contributed by atoms with Gasteiger partial charge in [0.25, 0.3) is 0 Å². The van der Waals surface area contributed by atoms with Gasteiger partial charge in [-0.25, -0.2) is 9.37 Å². The summed E-state index contributed by atoms with van der Waals surface area (Å²) in [6, 6.07) is 16.6. The number of para-hydroxylation sites is 1. The molecular weight excluding hydrogens is 375 g/mol. The highest BCUT2D eigenvalue weighted by Crippen LogP contribution is 2.25. The Hall–Kier alpha value is -2.77. The van der Waals surface area contributed by atoms with Gasteiger partial charge in [-0.1, -0.05) is 18.2 Å². The van der Waals surface area contributed by atoms with Gasteiger partial charge in [0.2, 0.25) is 5.91 Å². The van der Waals surface area contributed by atoms with E-state index < -0.39 is 0 Å². The number of hydrogen-bond acceptors (Lipinski definition) is 5. The summed E-state index contributed by atoms with van der Waals surface area (Å²) in [7, 11) is 0. The third kappa shape index (κ3) is 4.74. The fraction of sp³-hybridized carbons (Fsp3) is 0.238. The van der Waals surface area contributed by atoms with Crippen LogP contribution in [-0.2, 0) is 4.79 Å². The SMILES string of the molecule is O=C(CN1CCC(Nc2ccccc2)C1)Nc1nc(-c2ccc(F)cc2)cs1. The number of carbonyl (C=O) groups excluding carboxylic acids is 1. The molecule has 1 amide bonds. The molecule has 2 aromatic carbocycles. The lowest BCUT2D eigenvalue weighted by molar-refractivity contribution is -0.117. The number of benzene rings is 2. The summed E-state index contributed by atoms with van der Waals surface area (Å²) in [5.74, 6) is -0.349. The third-order valence-electron chi connectivity index (χ3n) is 4.67. The van der Waals surface area contributed by atoms with Crippen molar-refractivity contribution in [3.05, 3.63) is 65.8 Å². The summed E-state index contributed by atoms with van der Waals surface area (Å²) in [5, 5.41) is 8.79. The summed E-state index contributed by atoms with van der Waals surface area (Å²) in [5.41, 5.74) is 2.66. The maximum absolute atomic E-state index is 13.0. The summed E-state index contributed by atoms with van der Waals surface area (Å²) < 4.78 is 13.0. The first kappa shape index (κ1) is 18.6. The molecular formula is C21H21FN4OS. The zero-order chi connectivity index (χ0) is 19.3. The minimum atomic E-state index is -0.279. The number of amides is 1. The van der Waals surface area contributed by atoms with Crippen molar-refractivity contribution in [3.63, 3.8) is 0 Å². The second kappa shape index (κ2) is 8.50. The van der Waals surface area contributed by atoms with Crippen molar-refractivity contribution >= 4 is 28.1 Å². The van der Waals surface area contributed by atoms with Crippen molar-refractivity contribution in [1.82, 2.24) is 9.88 Å². The van der Waals surface area contributed by atoms with Crippen LogP contribution in [0.2, 0.25) is 0 Å². The van der Waals surface area contributed by atoms with Gasteiger partial charge in [-0.15, -0.1) is 11.3 Å². The van der Waals surface area contributed by atoms with Crippen LogP contribution in [0.3, 0.4) is 0 Å². The third-order valence-corrected chi connectivity index (χ3v) is 5.43. The molecule has 0 spiro atoms. The molecule has 28 heavy (non-hydrogen) atoms. The standard InChI is InChI=1S/C21H21FN4OS/c22-16-8-6-15(7-9-16)19-14-28-21(24-19)25-20(27)13-26-11-10-18(12-26)23-17-4-2-1-3-5-17/h1-9,14,18,23H,10-13H2,(H,24,25,27). The number of hydrogen-bond donors (Lipinski definition) is 2. The predicted molar refractivity (Wildman–Crippen MR) is 111 cm³/mol.